The van der Waals surface area contributed by atoms with Crippen LogP contribution in [0.15, 0.2) is 18.7 Å². The third kappa shape index (κ3) is 2.19. The molecule has 64 valence electrons. The van der Waals surface area contributed by atoms with Crippen LogP contribution < -0.4 is 10.5 Å². The summed E-state index contributed by atoms with van der Waals surface area (Å²) in [6, 6.07) is 1.06. The lowest BCUT2D eigenvalue weighted by molar-refractivity contribution is 0.345. The first-order valence-corrected chi connectivity index (χ1v) is 3.26. The Bertz CT molecular complexity index is 270. The van der Waals surface area contributed by atoms with E-state index in [4.69, 9.17) is 10.5 Å². The first kappa shape index (κ1) is 8.45. The van der Waals surface area contributed by atoms with Gasteiger partial charge in [0.25, 0.3) is 0 Å². The van der Waals surface area contributed by atoms with Crippen molar-refractivity contribution in [1.82, 2.24) is 9.97 Å². The zero-order chi connectivity index (χ0) is 8.97. The molecule has 5 heteroatoms. The van der Waals surface area contributed by atoms with Crippen LogP contribution in [0.3, 0.4) is 0 Å². The molecule has 0 spiro atoms. The van der Waals surface area contributed by atoms with Gasteiger partial charge >= 0.3 is 0 Å². The third-order valence-corrected chi connectivity index (χ3v) is 1.04. The highest BCUT2D eigenvalue weighted by Gasteiger charge is 2.00. The molecule has 0 aromatic carbocycles. The highest BCUT2D eigenvalue weighted by Crippen LogP contribution is 2.08. The second kappa shape index (κ2) is 3.66. The molecule has 0 aliphatic carbocycles. The SMILES string of the molecule is C=CCOc1cc(F)nc(N)n1. The molecule has 0 amide bonds. The van der Waals surface area contributed by atoms with Gasteiger partial charge in [-0.3, -0.25) is 0 Å². The Morgan fingerprint density at radius 2 is 2.42 bits per heavy atom. The second-order valence-electron chi connectivity index (χ2n) is 1.99. The van der Waals surface area contributed by atoms with E-state index in [2.05, 4.69) is 16.5 Å². The van der Waals surface area contributed by atoms with Gasteiger partial charge in [-0.15, -0.1) is 0 Å². The number of nitrogens with zero attached hydrogens (tertiary/aromatic N) is 2. The summed E-state index contributed by atoms with van der Waals surface area (Å²) in [6.45, 7) is 3.69. The molecular weight excluding hydrogens is 161 g/mol. The highest BCUT2D eigenvalue weighted by molar-refractivity contribution is 5.21. The van der Waals surface area contributed by atoms with Gasteiger partial charge in [0, 0.05) is 0 Å². The Kier molecular flexibility index (Phi) is 2.57. The maximum Gasteiger partial charge on any atom is 0.226 e. The summed E-state index contributed by atoms with van der Waals surface area (Å²) in [7, 11) is 0. The van der Waals surface area contributed by atoms with Crippen LogP contribution in [-0.4, -0.2) is 16.6 Å². The van der Waals surface area contributed by atoms with E-state index in [1.54, 1.807) is 0 Å². The molecule has 4 nitrogen and oxygen atoms in total. The van der Waals surface area contributed by atoms with Crippen LogP contribution in [0.4, 0.5) is 10.3 Å². The van der Waals surface area contributed by atoms with Crippen molar-refractivity contribution in [3.63, 3.8) is 0 Å². The van der Waals surface area contributed by atoms with E-state index >= 15 is 0 Å². The summed E-state index contributed by atoms with van der Waals surface area (Å²) in [4.78, 5) is 6.86. The molecule has 1 aromatic rings. The van der Waals surface area contributed by atoms with Crippen LogP contribution in [0.1, 0.15) is 0 Å². The Labute approximate surface area is 68.9 Å². The van der Waals surface area contributed by atoms with Crippen LogP contribution in [0.25, 0.3) is 0 Å². The number of rotatable bonds is 3. The Balaban J connectivity index is 2.78. The Hall–Kier alpha value is -1.65. The van der Waals surface area contributed by atoms with E-state index in [0.717, 1.165) is 6.07 Å². The molecule has 0 bridgehead atoms. The average molecular weight is 169 g/mol. The Morgan fingerprint density at radius 3 is 3.00 bits per heavy atom. The van der Waals surface area contributed by atoms with Crippen molar-refractivity contribution in [3.8, 4) is 5.88 Å². The van der Waals surface area contributed by atoms with Crippen LogP contribution in [-0.2, 0) is 0 Å². The minimum Gasteiger partial charge on any atom is -0.473 e. The summed E-state index contributed by atoms with van der Waals surface area (Å²) in [5.74, 6) is -0.740. The fraction of sp³-hybridized carbons (Fsp3) is 0.143. The lowest BCUT2D eigenvalue weighted by Gasteiger charge is -2.01. The van der Waals surface area contributed by atoms with Gasteiger partial charge in [0.05, 0.1) is 6.07 Å². The molecule has 0 saturated carbocycles. The monoisotopic (exact) mass is 169 g/mol. The molecule has 1 heterocycles. The van der Waals surface area contributed by atoms with E-state index in [1.165, 1.54) is 6.08 Å². The quantitative estimate of drug-likeness (QED) is 0.536. The number of ether oxygens (including phenoxy) is 1. The fourth-order valence-electron chi connectivity index (χ4n) is 0.632. The molecule has 0 radical (unpaired) electrons. The van der Waals surface area contributed by atoms with Crippen molar-refractivity contribution in [2.45, 2.75) is 0 Å². The van der Waals surface area contributed by atoms with E-state index in [-0.39, 0.29) is 18.4 Å². The number of nitrogen functional groups attached to an aromatic ring is 1. The van der Waals surface area contributed by atoms with Gasteiger partial charge in [0.2, 0.25) is 17.8 Å². The van der Waals surface area contributed by atoms with Crippen molar-refractivity contribution in [2.24, 2.45) is 0 Å². The van der Waals surface area contributed by atoms with Gasteiger partial charge in [0.15, 0.2) is 0 Å². The molecule has 0 saturated heterocycles. The van der Waals surface area contributed by atoms with Gasteiger partial charge in [-0.05, 0) is 0 Å². The smallest absolute Gasteiger partial charge is 0.226 e. The normalized spacial score (nSPS) is 9.42. The lowest BCUT2D eigenvalue weighted by atomic mass is 10.6. The van der Waals surface area contributed by atoms with Crippen LogP contribution >= 0.6 is 0 Å². The van der Waals surface area contributed by atoms with Crippen molar-refractivity contribution in [2.75, 3.05) is 12.3 Å². The van der Waals surface area contributed by atoms with Crippen LogP contribution in [0.5, 0.6) is 5.88 Å². The number of halogens is 1. The van der Waals surface area contributed by atoms with E-state index in [0.29, 0.717) is 0 Å². The first-order chi connectivity index (χ1) is 5.72. The number of anilines is 1. The molecule has 0 unspecified atom stereocenters. The predicted molar refractivity (Wildman–Crippen MR) is 42.1 cm³/mol. The van der Waals surface area contributed by atoms with Crippen molar-refractivity contribution in [1.29, 1.82) is 0 Å². The van der Waals surface area contributed by atoms with Gasteiger partial charge in [0.1, 0.15) is 6.61 Å². The molecular formula is C7H8FN3O. The maximum atomic E-state index is 12.5. The molecule has 1 aromatic heterocycles. The molecule has 2 N–H and O–H groups in total. The predicted octanol–water partition coefficient (Wildman–Crippen LogP) is 0.763. The topological polar surface area (TPSA) is 61.0 Å². The van der Waals surface area contributed by atoms with Crippen molar-refractivity contribution < 1.29 is 9.13 Å². The number of aromatic nitrogens is 2. The molecule has 0 aliphatic rings. The summed E-state index contributed by atoms with van der Waals surface area (Å²) in [5.41, 5.74) is 5.16. The van der Waals surface area contributed by atoms with Crippen molar-refractivity contribution >= 4 is 5.95 Å². The maximum absolute atomic E-state index is 12.5. The summed E-state index contributed by atoms with van der Waals surface area (Å²) in [6.07, 6.45) is 1.52. The van der Waals surface area contributed by atoms with Crippen LogP contribution in [0.2, 0.25) is 0 Å². The Morgan fingerprint density at radius 1 is 1.67 bits per heavy atom. The minimum atomic E-state index is -0.707. The van der Waals surface area contributed by atoms with Gasteiger partial charge in [-0.1, -0.05) is 12.7 Å². The van der Waals surface area contributed by atoms with E-state index in [1.807, 2.05) is 0 Å². The summed E-state index contributed by atoms with van der Waals surface area (Å²) >= 11 is 0. The van der Waals surface area contributed by atoms with Gasteiger partial charge in [-0.25, -0.2) is 0 Å². The van der Waals surface area contributed by atoms with E-state index < -0.39 is 5.95 Å². The second-order valence-corrected chi connectivity index (χ2v) is 1.99. The van der Waals surface area contributed by atoms with E-state index in [9.17, 15) is 4.39 Å². The molecule has 0 aliphatic heterocycles. The average Bonchev–Trinajstić information content (AvgIpc) is 1.99. The largest absolute Gasteiger partial charge is 0.473 e. The number of hydrogen-bond donors (Lipinski definition) is 1. The molecule has 1 rings (SSSR count). The number of nitrogens with two attached hydrogens (primary N) is 1. The summed E-state index contributed by atoms with van der Waals surface area (Å²) < 4.78 is 17.4. The fourth-order valence-corrected chi connectivity index (χ4v) is 0.632. The molecule has 0 atom stereocenters. The molecule has 0 fully saturated rings. The third-order valence-electron chi connectivity index (χ3n) is 1.04. The molecule has 12 heavy (non-hydrogen) atoms. The minimum absolute atomic E-state index is 0.111. The lowest BCUT2D eigenvalue weighted by Crippen LogP contribution is -2.02. The zero-order valence-electron chi connectivity index (χ0n) is 6.33. The van der Waals surface area contributed by atoms with Gasteiger partial charge in [-0.2, -0.15) is 14.4 Å². The van der Waals surface area contributed by atoms with Gasteiger partial charge < -0.3 is 10.5 Å². The highest BCUT2D eigenvalue weighted by atomic mass is 19.1. The standard InChI is InChI=1S/C7H8FN3O/c1-2-3-12-6-4-5(8)10-7(9)11-6/h2,4H,1,3H2,(H2,9,10,11). The van der Waals surface area contributed by atoms with Crippen molar-refractivity contribution in [3.05, 3.63) is 24.7 Å². The zero-order valence-corrected chi connectivity index (χ0v) is 6.33. The number of hydrogen-bond acceptors (Lipinski definition) is 4. The first-order valence-electron chi connectivity index (χ1n) is 3.26. The van der Waals surface area contributed by atoms with Crippen LogP contribution in [0, 0.1) is 5.95 Å². The summed E-state index contributed by atoms with van der Waals surface area (Å²) in [5, 5.41) is 0.